The molecule has 0 unspecified atom stereocenters. The second-order valence-corrected chi connectivity index (χ2v) is 5.28. The molecule has 1 saturated carbocycles. The third-order valence-corrected chi connectivity index (χ3v) is 3.11. The molecule has 98 valence electrons. The van der Waals surface area contributed by atoms with E-state index in [1.165, 1.54) is 0 Å². The Labute approximate surface area is 108 Å². The van der Waals surface area contributed by atoms with Crippen LogP contribution in [-0.4, -0.2) is 24.0 Å². The first kappa shape index (κ1) is 12.9. The number of anilines is 1. The predicted molar refractivity (Wildman–Crippen MR) is 73.7 cm³/mol. The van der Waals surface area contributed by atoms with E-state index in [0.717, 1.165) is 18.5 Å². The van der Waals surface area contributed by atoms with Gasteiger partial charge in [-0.05, 0) is 51.0 Å². The van der Waals surface area contributed by atoms with Crippen LogP contribution in [0.5, 0.6) is 0 Å². The summed E-state index contributed by atoms with van der Waals surface area (Å²) in [4.78, 5) is 11.8. The van der Waals surface area contributed by atoms with Crippen LogP contribution in [0.15, 0.2) is 24.3 Å². The minimum absolute atomic E-state index is 0.0257. The molecule has 4 heteroatoms. The standard InChI is InChI=1S/C14H21N3O/c1-9(2)16-14(18)10-3-5-12(6-4-10)17-13-7-11(15)8-13/h3-6,9,11,13,17H,7-8,15H2,1-2H3,(H,16,18). The lowest BCUT2D eigenvalue weighted by molar-refractivity contribution is 0.0943. The Morgan fingerprint density at radius 1 is 1.28 bits per heavy atom. The number of rotatable bonds is 4. The van der Waals surface area contributed by atoms with Crippen LogP contribution >= 0.6 is 0 Å². The number of hydrogen-bond acceptors (Lipinski definition) is 3. The molecule has 18 heavy (non-hydrogen) atoms. The highest BCUT2D eigenvalue weighted by molar-refractivity contribution is 5.94. The SMILES string of the molecule is CC(C)NC(=O)c1ccc(NC2CC(N)C2)cc1. The van der Waals surface area contributed by atoms with E-state index in [1.807, 2.05) is 38.1 Å². The summed E-state index contributed by atoms with van der Waals surface area (Å²) in [6.07, 6.45) is 2.05. The van der Waals surface area contributed by atoms with Crippen molar-refractivity contribution in [3.05, 3.63) is 29.8 Å². The minimum atomic E-state index is -0.0257. The number of carbonyl (C=O) groups excluding carboxylic acids is 1. The predicted octanol–water partition coefficient (Wildman–Crippen LogP) is 1.73. The largest absolute Gasteiger partial charge is 0.382 e. The summed E-state index contributed by atoms with van der Waals surface area (Å²) >= 11 is 0. The molecule has 1 aliphatic carbocycles. The van der Waals surface area contributed by atoms with Crippen molar-refractivity contribution in [2.24, 2.45) is 5.73 Å². The van der Waals surface area contributed by atoms with Crippen LogP contribution in [-0.2, 0) is 0 Å². The van der Waals surface area contributed by atoms with Gasteiger partial charge in [0.15, 0.2) is 0 Å². The van der Waals surface area contributed by atoms with Gasteiger partial charge in [-0.1, -0.05) is 0 Å². The third kappa shape index (κ3) is 3.23. The maximum absolute atomic E-state index is 11.8. The van der Waals surface area contributed by atoms with E-state index in [1.54, 1.807) is 0 Å². The van der Waals surface area contributed by atoms with Gasteiger partial charge in [0.2, 0.25) is 0 Å². The molecule has 1 amide bonds. The van der Waals surface area contributed by atoms with Gasteiger partial charge in [-0.3, -0.25) is 4.79 Å². The first-order valence-corrected chi connectivity index (χ1v) is 6.47. The van der Waals surface area contributed by atoms with Crippen molar-refractivity contribution >= 4 is 11.6 Å². The number of nitrogens with one attached hydrogen (secondary N) is 2. The molecule has 0 atom stereocenters. The van der Waals surface area contributed by atoms with Gasteiger partial charge < -0.3 is 16.4 Å². The molecule has 1 aliphatic rings. The Balaban J connectivity index is 1.91. The van der Waals surface area contributed by atoms with Gasteiger partial charge in [-0.2, -0.15) is 0 Å². The fourth-order valence-electron chi connectivity index (χ4n) is 2.08. The molecule has 4 nitrogen and oxygen atoms in total. The van der Waals surface area contributed by atoms with Crippen molar-refractivity contribution in [3.8, 4) is 0 Å². The Morgan fingerprint density at radius 3 is 2.39 bits per heavy atom. The van der Waals surface area contributed by atoms with Gasteiger partial charge in [0.05, 0.1) is 0 Å². The maximum atomic E-state index is 11.8. The molecule has 0 aliphatic heterocycles. The average Bonchev–Trinajstić information content (AvgIpc) is 2.27. The lowest BCUT2D eigenvalue weighted by atomic mass is 9.87. The number of hydrogen-bond donors (Lipinski definition) is 3. The van der Waals surface area contributed by atoms with E-state index in [0.29, 0.717) is 17.6 Å². The lowest BCUT2D eigenvalue weighted by Gasteiger charge is -2.33. The first-order valence-electron chi connectivity index (χ1n) is 6.47. The summed E-state index contributed by atoms with van der Waals surface area (Å²) in [7, 11) is 0. The number of nitrogens with two attached hydrogens (primary N) is 1. The third-order valence-electron chi connectivity index (χ3n) is 3.11. The van der Waals surface area contributed by atoms with Crippen molar-refractivity contribution in [2.75, 3.05) is 5.32 Å². The van der Waals surface area contributed by atoms with Crippen LogP contribution in [0.25, 0.3) is 0 Å². The molecule has 1 aromatic rings. The topological polar surface area (TPSA) is 67.2 Å². The number of carbonyl (C=O) groups is 1. The van der Waals surface area contributed by atoms with Crippen LogP contribution in [0.4, 0.5) is 5.69 Å². The molecule has 0 radical (unpaired) electrons. The van der Waals surface area contributed by atoms with Crippen molar-refractivity contribution < 1.29 is 4.79 Å². The van der Waals surface area contributed by atoms with Gasteiger partial charge in [-0.25, -0.2) is 0 Å². The molecule has 4 N–H and O–H groups in total. The highest BCUT2D eigenvalue weighted by atomic mass is 16.1. The van der Waals surface area contributed by atoms with Crippen molar-refractivity contribution in [2.45, 2.75) is 44.8 Å². The highest BCUT2D eigenvalue weighted by Crippen LogP contribution is 2.22. The fourth-order valence-corrected chi connectivity index (χ4v) is 2.08. The maximum Gasteiger partial charge on any atom is 0.251 e. The van der Waals surface area contributed by atoms with E-state index < -0.39 is 0 Å². The van der Waals surface area contributed by atoms with Crippen molar-refractivity contribution in [3.63, 3.8) is 0 Å². The summed E-state index contributed by atoms with van der Waals surface area (Å²) in [5.74, 6) is -0.0257. The molecule has 0 heterocycles. The van der Waals surface area contributed by atoms with E-state index in [9.17, 15) is 4.79 Å². The van der Waals surface area contributed by atoms with Crippen LogP contribution < -0.4 is 16.4 Å². The van der Waals surface area contributed by atoms with E-state index >= 15 is 0 Å². The van der Waals surface area contributed by atoms with Crippen molar-refractivity contribution in [1.82, 2.24) is 5.32 Å². The second kappa shape index (κ2) is 5.40. The van der Waals surface area contributed by atoms with Crippen LogP contribution in [0.3, 0.4) is 0 Å². The van der Waals surface area contributed by atoms with Crippen molar-refractivity contribution in [1.29, 1.82) is 0 Å². The minimum Gasteiger partial charge on any atom is -0.382 e. The molecular formula is C14H21N3O. The zero-order valence-electron chi connectivity index (χ0n) is 10.9. The van der Waals surface area contributed by atoms with Gasteiger partial charge in [0.25, 0.3) is 5.91 Å². The summed E-state index contributed by atoms with van der Waals surface area (Å²) < 4.78 is 0. The smallest absolute Gasteiger partial charge is 0.251 e. The molecule has 0 spiro atoms. The Morgan fingerprint density at radius 2 is 1.89 bits per heavy atom. The summed E-state index contributed by atoms with van der Waals surface area (Å²) in [6, 6.07) is 8.57. The molecule has 0 saturated heterocycles. The Kier molecular flexibility index (Phi) is 3.87. The molecule has 1 aromatic carbocycles. The zero-order valence-corrected chi connectivity index (χ0v) is 10.9. The molecule has 0 aromatic heterocycles. The highest BCUT2D eigenvalue weighted by Gasteiger charge is 2.25. The number of benzene rings is 1. The van der Waals surface area contributed by atoms with Gasteiger partial charge >= 0.3 is 0 Å². The Bertz CT molecular complexity index is 408. The van der Waals surface area contributed by atoms with Gasteiger partial charge in [0, 0.05) is 29.4 Å². The summed E-state index contributed by atoms with van der Waals surface area (Å²) in [6.45, 7) is 3.90. The van der Waals surface area contributed by atoms with Crippen LogP contribution in [0.2, 0.25) is 0 Å². The van der Waals surface area contributed by atoms with Crippen LogP contribution in [0.1, 0.15) is 37.0 Å². The normalized spacial score (nSPS) is 22.4. The molecule has 0 bridgehead atoms. The quantitative estimate of drug-likeness (QED) is 0.759. The first-order chi connectivity index (χ1) is 8.54. The fraction of sp³-hybridized carbons (Fsp3) is 0.500. The molecular weight excluding hydrogens is 226 g/mol. The summed E-state index contributed by atoms with van der Waals surface area (Å²) in [5, 5.41) is 6.28. The lowest BCUT2D eigenvalue weighted by Crippen LogP contribution is -2.44. The van der Waals surface area contributed by atoms with E-state index in [2.05, 4.69) is 10.6 Å². The molecule has 2 rings (SSSR count). The monoisotopic (exact) mass is 247 g/mol. The van der Waals surface area contributed by atoms with Crippen LogP contribution in [0, 0.1) is 0 Å². The van der Waals surface area contributed by atoms with Gasteiger partial charge in [-0.15, -0.1) is 0 Å². The average molecular weight is 247 g/mol. The Hall–Kier alpha value is -1.55. The second-order valence-electron chi connectivity index (χ2n) is 5.28. The molecule has 1 fully saturated rings. The number of amides is 1. The van der Waals surface area contributed by atoms with E-state index in [-0.39, 0.29) is 11.9 Å². The van der Waals surface area contributed by atoms with E-state index in [4.69, 9.17) is 5.73 Å². The summed E-state index contributed by atoms with van der Waals surface area (Å²) in [5.41, 5.74) is 7.48. The zero-order chi connectivity index (χ0) is 13.1. The van der Waals surface area contributed by atoms with Gasteiger partial charge in [0.1, 0.15) is 0 Å².